The van der Waals surface area contributed by atoms with Crippen LogP contribution in [0.25, 0.3) is 75.4 Å². The van der Waals surface area contributed by atoms with E-state index in [1.807, 2.05) is 42.5 Å². The number of hydrogen-bond acceptors (Lipinski definition) is 2. The Bertz CT molecular complexity index is 2340. The maximum Gasteiger partial charge on any atom is 0.194 e. The fourth-order valence-corrected chi connectivity index (χ4v) is 7.18. The largest absolute Gasteiger partial charge is 0.289 e. The predicted molar refractivity (Wildman–Crippen MR) is 153 cm³/mol. The molecule has 164 valence electrons. The van der Waals surface area contributed by atoms with Gasteiger partial charge in [-0.25, -0.2) is 0 Å². The standard InChI is InChI=1S/C30H11BrCl2O2/c31-21-7-3-6-14-24(21)18-9-17-23(33)10-19-25-15(12-4-1-2-5-13(12)29(19)34)8-16-22(32)11-20(30(14)35)26(18)28(16)27(17)25/h1-11H. The topological polar surface area (TPSA) is 34.1 Å². The van der Waals surface area contributed by atoms with E-state index >= 15 is 0 Å². The maximum absolute atomic E-state index is 13.7. The maximum atomic E-state index is 13.7. The third-order valence-corrected chi connectivity index (χ3v) is 8.77. The van der Waals surface area contributed by atoms with Gasteiger partial charge in [0.25, 0.3) is 0 Å². The van der Waals surface area contributed by atoms with Crippen molar-refractivity contribution in [1.29, 1.82) is 0 Å². The predicted octanol–water partition coefficient (Wildman–Crippen LogP) is 8.86. The van der Waals surface area contributed by atoms with Crippen molar-refractivity contribution in [2.24, 2.45) is 0 Å². The van der Waals surface area contributed by atoms with E-state index in [1.165, 1.54) is 0 Å². The molecule has 0 aromatic heterocycles. The van der Waals surface area contributed by atoms with Gasteiger partial charge in [-0.05, 0) is 46.5 Å². The van der Waals surface area contributed by atoms with Crippen molar-refractivity contribution >= 4 is 115 Å². The van der Waals surface area contributed by atoms with Gasteiger partial charge in [0.2, 0.25) is 0 Å². The summed E-state index contributed by atoms with van der Waals surface area (Å²) in [5.41, 5.74) is -0.107. The highest BCUT2D eigenvalue weighted by Gasteiger charge is 2.24. The van der Waals surface area contributed by atoms with E-state index in [2.05, 4.69) is 28.1 Å². The lowest BCUT2D eigenvalue weighted by Gasteiger charge is -2.20. The third kappa shape index (κ3) is 2.27. The van der Waals surface area contributed by atoms with Crippen molar-refractivity contribution in [1.82, 2.24) is 0 Å². The number of fused-ring (bicyclic) bond motifs is 4. The van der Waals surface area contributed by atoms with Crippen LogP contribution in [-0.4, -0.2) is 0 Å². The Kier molecular flexibility index (Phi) is 3.71. The van der Waals surface area contributed by atoms with Gasteiger partial charge in [-0.3, -0.25) is 9.59 Å². The summed E-state index contributed by atoms with van der Waals surface area (Å²) in [4.78, 5) is 27.2. The van der Waals surface area contributed by atoms with Crippen LogP contribution in [0.1, 0.15) is 0 Å². The Balaban J connectivity index is 1.85. The molecule has 0 heterocycles. The molecule has 0 saturated carbocycles. The van der Waals surface area contributed by atoms with E-state index in [-0.39, 0.29) is 10.9 Å². The van der Waals surface area contributed by atoms with Crippen LogP contribution in [0.15, 0.2) is 80.8 Å². The molecule has 0 amide bonds. The van der Waals surface area contributed by atoms with Crippen molar-refractivity contribution in [3.63, 3.8) is 0 Å². The summed E-state index contributed by atoms with van der Waals surface area (Å²) in [6, 6.07) is 21.0. The van der Waals surface area contributed by atoms with E-state index in [0.717, 1.165) is 58.3 Å². The summed E-state index contributed by atoms with van der Waals surface area (Å²) in [6.07, 6.45) is 0. The van der Waals surface area contributed by atoms with Crippen LogP contribution in [-0.2, 0) is 0 Å². The fourth-order valence-electron chi connectivity index (χ4n) is 6.09. The highest BCUT2D eigenvalue weighted by atomic mass is 79.9. The Morgan fingerprint density at radius 3 is 1.69 bits per heavy atom. The quantitative estimate of drug-likeness (QED) is 0.139. The highest BCUT2D eigenvalue weighted by Crippen LogP contribution is 2.49. The number of benzene rings is 8. The summed E-state index contributed by atoms with van der Waals surface area (Å²) in [5.74, 6) is 0. The molecule has 0 bridgehead atoms. The second-order valence-corrected chi connectivity index (χ2v) is 10.8. The Morgan fingerprint density at radius 2 is 1.00 bits per heavy atom. The molecular weight excluding hydrogens is 543 g/mol. The van der Waals surface area contributed by atoms with Gasteiger partial charge in [0.1, 0.15) is 0 Å². The minimum Gasteiger partial charge on any atom is -0.289 e. The molecule has 0 saturated heterocycles. The van der Waals surface area contributed by atoms with E-state index in [4.69, 9.17) is 23.2 Å². The molecule has 0 aliphatic heterocycles. The average molecular weight is 554 g/mol. The van der Waals surface area contributed by atoms with Crippen molar-refractivity contribution in [2.75, 3.05) is 0 Å². The van der Waals surface area contributed by atoms with Gasteiger partial charge in [0.15, 0.2) is 10.9 Å². The molecule has 0 N–H and O–H groups in total. The molecule has 8 aromatic carbocycles. The number of halogens is 3. The van der Waals surface area contributed by atoms with Crippen LogP contribution in [0, 0.1) is 0 Å². The zero-order valence-corrected chi connectivity index (χ0v) is 20.9. The molecule has 0 unspecified atom stereocenters. The second kappa shape index (κ2) is 6.50. The molecule has 8 rings (SSSR count). The van der Waals surface area contributed by atoms with E-state index in [9.17, 15) is 9.59 Å². The summed E-state index contributed by atoms with van der Waals surface area (Å²) in [7, 11) is 0. The lowest BCUT2D eigenvalue weighted by atomic mass is 9.84. The molecule has 35 heavy (non-hydrogen) atoms. The smallest absolute Gasteiger partial charge is 0.194 e. The van der Waals surface area contributed by atoms with Gasteiger partial charge in [0, 0.05) is 73.8 Å². The molecular formula is C30H11BrCl2O2. The molecule has 0 fully saturated rings. The van der Waals surface area contributed by atoms with Crippen LogP contribution in [0.4, 0.5) is 0 Å². The molecule has 0 spiro atoms. The van der Waals surface area contributed by atoms with Gasteiger partial charge in [0.05, 0.1) is 0 Å². The molecule has 8 aromatic rings. The van der Waals surface area contributed by atoms with Gasteiger partial charge in [-0.2, -0.15) is 0 Å². The van der Waals surface area contributed by atoms with Gasteiger partial charge in [-0.15, -0.1) is 0 Å². The highest BCUT2D eigenvalue weighted by molar-refractivity contribution is 9.10. The van der Waals surface area contributed by atoms with E-state index < -0.39 is 0 Å². The third-order valence-electron chi connectivity index (χ3n) is 7.48. The van der Waals surface area contributed by atoms with Crippen molar-refractivity contribution in [3.8, 4) is 0 Å². The first kappa shape index (κ1) is 20.0. The van der Waals surface area contributed by atoms with Crippen LogP contribution >= 0.6 is 39.1 Å². The van der Waals surface area contributed by atoms with Crippen LogP contribution < -0.4 is 10.9 Å². The molecule has 0 aliphatic rings. The van der Waals surface area contributed by atoms with Crippen molar-refractivity contribution < 1.29 is 0 Å². The van der Waals surface area contributed by atoms with Gasteiger partial charge >= 0.3 is 0 Å². The minimum absolute atomic E-state index is 0.0456. The number of rotatable bonds is 0. The molecule has 0 aliphatic carbocycles. The SMILES string of the molecule is O=c1c2ccccc2c2cc3c(Cl)cc4c(=O)c5cccc(Br)c5c5cc6c(Cl)cc1c2c6c3c45. The summed E-state index contributed by atoms with van der Waals surface area (Å²) < 4.78 is 0.845. The van der Waals surface area contributed by atoms with Crippen molar-refractivity contribution in [3.05, 3.63) is 102 Å². The Morgan fingerprint density at radius 1 is 0.457 bits per heavy atom. The lowest BCUT2D eigenvalue weighted by Crippen LogP contribution is -2.06. The van der Waals surface area contributed by atoms with Crippen LogP contribution in [0.5, 0.6) is 0 Å². The molecule has 0 atom stereocenters. The zero-order valence-electron chi connectivity index (χ0n) is 17.8. The zero-order chi connectivity index (χ0) is 23.7. The minimum atomic E-state index is -0.0614. The summed E-state index contributed by atoms with van der Waals surface area (Å²) in [5, 5.41) is 12.2. The fraction of sp³-hybridized carbons (Fsp3) is 0. The van der Waals surface area contributed by atoms with E-state index in [1.54, 1.807) is 12.1 Å². The Labute approximate surface area is 215 Å². The van der Waals surface area contributed by atoms with Gasteiger partial charge < -0.3 is 0 Å². The van der Waals surface area contributed by atoms with Crippen LogP contribution in [0.2, 0.25) is 10.0 Å². The number of hydrogen-bond donors (Lipinski definition) is 0. The summed E-state index contributed by atoms with van der Waals surface area (Å²) in [6.45, 7) is 0. The first-order valence-electron chi connectivity index (χ1n) is 11.1. The first-order valence-corrected chi connectivity index (χ1v) is 12.7. The van der Waals surface area contributed by atoms with E-state index in [0.29, 0.717) is 31.6 Å². The second-order valence-electron chi connectivity index (χ2n) is 9.12. The Hall–Kier alpha value is -3.24. The molecule has 5 heteroatoms. The normalized spacial score (nSPS) is 12.7. The monoisotopic (exact) mass is 552 g/mol. The molecule has 2 nitrogen and oxygen atoms in total. The first-order chi connectivity index (χ1) is 17.0. The average Bonchev–Trinajstić information content (AvgIpc) is 2.86. The van der Waals surface area contributed by atoms with Gasteiger partial charge in [-0.1, -0.05) is 75.5 Å². The lowest BCUT2D eigenvalue weighted by molar-refractivity contribution is 1.70. The summed E-state index contributed by atoms with van der Waals surface area (Å²) >= 11 is 17.4. The van der Waals surface area contributed by atoms with Crippen LogP contribution in [0.3, 0.4) is 0 Å². The molecule has 0 radical (unpaired) electrons. The van der Waals surface area contributed by atoms with Crippen molar-refractivity contribution in [2.45, 2.75) is 0 Å².